The highest BCUT2D eigenvalue weighted by Gasteiger charge is 2.27. The molecule has 4 heteroatoms. The lowest BCUT2D eigenvalue weighted by molar-refractivity contribution is -0.121. The van der Waals surface area contributed by atoms with Crippen molar-refractivity contribution in [3.8, 4) is 0 Å². The van der Waals surface area contributed by atoms with Crippen molar-refractivity contribution >= 4 is 5.91 Å². The number of amides is 1. The monoisotopic (exact) mass is 200 g/mol. The van der Waals surface area contributed by atoms with Crippen molar-refractivity contribution in [3.05, 3.63) is 0 Å². The molecule has 0 aromatic heterocycles. The Kier molecular flexibility index (Phi) is 4.90. The maximum absolute atomic E-state index is 11.0. The van der Waals surface area contributed by atoms with Crippen molar-refractivity contribution < 1.29 is 9.53 Å². The van der Waals surface area contributed by atoms with Gasteiger partial charge in [0, 0.05) is 12.6 Å². The molecule has 82 valence electrons. The van der Waals surface area contributed by atoms with Crippen LogP contribution in [0, 0.1) is 0 Å². The number of hydrogen-bond donors (Lipinski definition) is 2. The Hall–Kier alpha value is -0.610. The van der Waals surface area contributed by atoms with Crippen LogP contribution in [0.2, 0.25) is 0 Å². The summed E-state index contributed by atoms with van der Waals surface area (Å²) in [5, 5.41) is 3.17. The fourth-order valence-corrected chi connectivity index (χ4v) is 1.19. The quantitative estimate of drug-likeness (QED) is 0.558. The maximum Gasteiger partial charge on any atom is 0.236 e. The van der Waals surface area contributed by atoms with E-state index < -0.39 is 0 Å². The molecule has 0 saturated heterocycles. The summed E-state index contributed by atoms with van der Waals surface area (Å²) in [6.45, 7) is 3.23. The summed E-state index contributed by atoms with van der Waals surface area (Å²) in [6, 6.07) is 0.182. The van der Waals surface area contributed by atoms with E-state index in [1.165, 1.54) is 0 Å². The van der Waals surface area contributed by atoms with Gasteiger partial charge in [0.15, 0.2) is 0 Å². The molecule has 1 rings (SSSR count). The first kappa shape index (κ1) is 11.5. The lowest BCUT2D eigenvalue weighted by atomic mass is 10.3. The largest absolute Gasteiger partial charge is 0.379 e. The number of hydrogen-bond acceptors (Lipinski definition) is 3. The minimum Gasteiger partial charge on any atom is -0.379 e. The van der Waals surface area contributed by atoms with Gasteiger partial charge < -0.3 is 15.8 Å². The molecule has 3 N–H and O–H groups in total. The summed E-state index contributed by atoms with van der Waals surface area (Å²) in [6.07, 6.45) is 4.45. The van der Waals surface area contributed by atoms with Crippen molar-refractivity contribution in [2.24, 2.45) is 5.73 Å². The van der Waals surface area contributed by atoms with Gasteiger partial charge in [0.05, 0.1) is 6.61 Å². The Morgan fingerprint density at radius 1 is 1.64 bits per heavy atom. The Morgan fingerprint density at radius 3 is 2.86 bits per heavy atom. The molecule has 14 heavy (non-hydrogen) atoms. The van der Waals surface area contributed by atoms with Crippen LogP contribution in [-0.4, -0.2) is 31.2 Å². The highest BCUT2D eigenvalue weighted by Crippen LogP contribution is 2.19. The van der Waals surface area contributed by atoms with E-state index in [4.69, 9.17) is 10.5 Å². The number of nitrogens with one attached hydrogen (secondary N) is 1. The van der Waals surface area contributed by atoms with E-state index in [9.17, 15) is 4.79 Å². The summed E-state index contributed by atoms with van der Waals surface area (Å²) in [5.41, 5.74) is 5.25. The zero-order valence-electron chi connectivity index (χ0n) is 8.79. The average molecular weight is 200 g/mol. The van der Waals surface area contributed by atoms with Gasteiger partial charge in [-0.3, -0.25) is 4.79 Å². The number of carbonyl (C=O) groups excluding carboxylic acids is 1. The topological polar surface area (TPSA) is 64.3 Å². The molecule has 0 heterocycles. The molecule has 1 fully saturated rings. The van der Waals surface area contributed by atoms with Crippen LogP contribution in [0.4, 0.5) is 0 Å². The van der Waals surface area contributed by atoms with Gasteiger partial charge in [-0.05, 0) is 19.3 Å². The van der Waals surface area contributed by atoms with Crippen LogP contribution in [0.1, 0.15) is 32.6 Å². The summed E-state index contributed by atoms with van der Waals surface area (Å²) >= 11 is 0. The molecule has 0 aliphatic heterocycles. The van der Waals surface area contributed by atoms with Gasteiger partial charge in [0.1, 0.15) is 6.04 Å². The molecular formula is C10H20N2O2. The Labute approximate surface area is 85.2 Å². The molecule has 0 aromatic carbocycles. The second-order valence-electron chi connectivity index (χ2n) is 3.82. The molecule has 1 unspecified atom stereocenters. The van der Waals surface area contributed by atoms with Gasteiger partial charge in [-0.25, -0.2) is 0 Å². The third kappa shape index (κ3) is 4.58. The van der Waals surface area contributed by atoms with Gasteiger partial charge >= 0.3 is 0 Å². The fourth-order valence-electron chi connectivity index (χ4n) is 1.19. The molecule has 1 saturated carbocycles. The fraction of sp³-hybridized carbons (Fsp3) is 0.900. The average Bonchev–Trinajstić information content (AvgIpc) is 2.93. The molecular weight excluding hydrogens is 180 g/mol. The summed E-state index contributed by atoms with van der Waals surface area (Å²) in [5.74, 6) is -0.312. The number of primary amides is 1. The molecule has 1 atom stereocenters. The number of nitrogens with two attached hydrogens (primary N) is 1. The van der Waals surface area contributed by atoms with Gasteiger partial charge in [0.25, 0.3) is 0 Å². The molecule has 1 aliphatic rings. The first-order valence-electron chi connectivity index (χ1n) is 5.37. The zero-order valence-corrected chi connectivity index (χ0v) is 8.79. The van der Waals surface area contributed by atoms with Gasteiger partial charge in [-0.1, -0.05) is 13.3 Å². The SMILES string of the molecule is CCCCOCC(NC1CC1)C(N)=O. The van der Waals surface area contributed by atoms with Crippen LogP contribution in [0.15, 0.2) is 0 Å². The van der Waals surface area contributed by atoms with Crippen molar-refractivity contribution in [1.82, 2.24) is 5.32 Å². The predicted molar refractivity (Wildman–Crippen MR) is 54.9 cm³/mol. The van der Waals surface area contributed by atoms with Crippen LogP contribution >= 0.6 is 0 Å². The normalized spacial score (nSPS) is 18.1. The molecule has 1 aliphatic carbocycles. The zero-order chi connectivity index (χ0) is 10.4. The summed E-state index contributed by atoms with van der Waals surface area (Å²) in [7, 11) is 0. The lowest BCUT2D eigenvalue weighted by Gasteiger charge is -2.14. The van der Waals surface area contributed by atoms with E-state index in [0.29, 0.717) is 19.3 Å². The van der Waals surface area contributed by atoms with E-state index in [0.717, 1.165) is 25.7 Å². The highest BCUT2D eigenvalue weighted by molar-refractivity contribution is 5.80. The summed E-state index contributed by atoms with van der Waals surface area (Å²) in [4.78, 5) is 11.0. The van der Waals surface area contributed by atoms with Crippen LogP contribution < -0.4 is 11.1 Å². The Bertz CT molecular complexity index is 181. The lowest BCUT2D eigenvalue weighted by Crippen LogP contribution is -2.45. The van der Waals surface area contributed by atoms with E-state index in [1.54, 1.807) is 0 Å². The standard InChI is InChI=1S/C10H20N2O2/c1-2-3-6-14-7-9(10(11)13)12-8-4-5-8/h8-9,12H,2-7H2,1H3,(H2,11,13). The van der Waals surface area contributed by atoms with E-state index in [1.807, 2.05) is 0 Å². The molecule has 0 spiro atoms. The predicted octanol–water partition coefficient (Wildman–Crippen LogP) is 0.409. The molecule has 0 aromatic rings. The molecule has 1 amide bonds. The third-order valence-corrected chi connectivity index (χ3v) is 2.28. The van der Waals surface area contributed by atoms with Crippen LogP contribution in [0.3, 0.4) is 0 Å². The van der Waals surface area contributed by atoms with Crippen molar-refractivity contribution in [1.29, 1.82) is 0 Å². The molecule has 4 nitrogen and oxygen atoms in total. The highest BCUT2D eigenvalue weighted by atomic mass is 16.5. The van der Waals surface area contributed by atoms with Crippen LogP contribution in [0.5, 0.6) is 0 Å². The molecule has 0 bridgehead atoms. The number of unbranched alkanes of at least 4 members (excludes halogenated alkanes) is 1. The van der Waals surface area contributed by atoms with E-state index >= 15 is 0 Å². The van der Waals surface area contributed by atoms with Gasteiger partial charge in [-0.15, -0.1) is 0 Å². The number of carbonyl (C=O) groups is 1. The number of ether oxygens (including phenoxy) is 1. The second kappa shape index (κ2) is 5.98. The van der Waals surface area contributed by atoms with Crippen molar-refractivity contribution in [3.63, 3.8) is 0 Å². The van der Waals surface area contributed by atoms with Crippen LogP contribution in [-0.2, 0) is 9.53 Å². The van der Waals surface area contributed by atoms with E-state index in [2.05, 4.69) is 12.2 Å². The first-order valence-corrected chi connectivity index (χ1v) is 5.37. The minimum atomic E-state index is -0.312. The Balaban J connectivity index is 2.10. The van der Waals surface area contributed by atoms with E-state index in [-0.39, 0.29) is 11.9 Å². The second-order valence-corrected chi connectivity index (χ2v) is 3.82. The Morgan fingerprint density at radius 2 is 2.36 bits per heavy atom. The third-order valence-electron chi connectivity index (χ3n) is 2.28. The van der Waals surface area contributed by atoms with Crippen molar-refractivity contribution in [2.75, 3.05) is 13.2 Å². The smallest absolute Gasteiger partial charge is 0.236 e. The molecule has 0 radical (unpaired) electrons. The van der Waals surface area contributed by atoms with Crippen molar-refractivity contribution in [2.45, 2.75) is 44.7 Å². The van der Waals surface area contributed by atoms with Crippen LogP contribution in [0.25, 0.3) is 0 Å². The first-order chi connectivity index (χ1) is 6.74. The maximum atomic E-state index is 11.0. The van der Waals surface area contributed by atoms with Gasteiger partial charge in [-0.2, -0.15) is 0 Å². The minimum absolute atomic E-state index is 0.306. The summed E-state index contributed by atoms with van der Waals surface area (Å²) < 4.78 is 5.36. The number of rotatable bonds is 8. The van der Waals surface area contributed by atoms with Gasteiger partial charge in [0.2, 0.25) is 5.91 Å².